The lowest BCUT2D eigenvalue weighted by Crippen LogP contribution is -2.13. The molecule has 0 amide bonds. The standard InChI is InChI=1S/C46H32N2/c1-4-15-35(16-5-1)47(36-17-6-2-7-18-36)45-30-31-46(44-23-13-12-22-43(44)45)48(37-19-8-3-9-20-37)38-26-29-40-34(32-38)25-28-41-39-21-11-10-14-33(39)24-27-42(40)41/h1-32H. The lowest BCUT2D eigenvalue weighted by Gasteiger charge is -2.30. The Bertz CT molecular complexity index is 2520. The molecule has 0 heterocycles. The summed E-state index contributed by atoms with van der Waals surface area (Å²) in [6.45, 7) is 0. The maximum Gasteiger partial charge on any atom is 0.0541 e. The predicted molar refractivity (Wildman–Crippen MR) is 206 cm³/mol. The Kier molecular flexibility index (Phi) is 6.84. The fraction of sp³-hybridized carbons (Fsp3) is 0. The summed E-state index contributed by atoms with van der Waals surface area (Å²) in [7, 11) is 0. The van der Waals surface area contributed by atoms with Crippen LogP contribution in [0.1, 0.15) is 0 Å². The van der Waals surface area contributed by atoms with Crippen LogP contribution in [0, 0.1) is 0 Å². The molecule has 226 valence electrons. The van der Waals surface area contributed by atoms with Gasteiger partial charge in [-0.05, 0) is 93.0 Å². The van der Waals surface area contributed by atoms with Crippen molar-refractivity contribution in [2.24, 2.45) is 0 Å². The predicted octanol–water partition coefficient (Wildman–Crippen LogP) is 13.2. The topological polar surface area (TPSA) is 6.48 Å². The lowest BCUT2D eigenvalue weighted by atomic mass is 9.96. The second-order valence-electron chi connectivity index (χ2n) is 12.2. The number of nitrogens with zero attached hydrogens (tertiary/aromatic N) is 2. The van der Waals surface area contributed by atoms with E-state index in [0.717, 1.165) is 34.1 Å². The minimum atomic E-state index is 1.12. The highest BCUT2D eigenvalue weighted by molar-refractivity contribution is 6.18. The molecule has 0 aromatic heterocycles. The molecule has 0 spiro atoms. The minimum absolute atomic E-state index is 1.12. The third kappa shape index (κ3) is 4.74. The number of para-hydroxylation sites is 3. The van der Waals surface area contributed by atoms with E-state index < -0.39 is 0 Å². The average molecular weight is 613 g/mol. The largest absolute Gasteiger partial charge is 0.310 e. The van der Waals surface area contributed by atoms with E-state index in [0.29, 0.717) is 0 Å². The van der Waals surface area contributed by atoms with Crippen molar-refractivity contribution in [3.05, 3.63) is 194 Å². The maximum absolute atomic E-state index is 2.39. The summed E-state index contributed by atoms with van der Waals surface area (Å²) in [5.74, 6) is 0. The van der Waals surface area contributed by atoms with Crippen LogP contribution in [0.4, 0.5) is 34.1 Å². The van der Waals surface area contributed by atoms with Crippen LogP contribution >= 0.6 is 0 Å². The van der Waals surface area contributed by atoms with Crippen LogP contribution in [0.15, 0.2) is 194 Å². The number of fused-ring (bicyclic) bond motifs is 6. The Hall–Kier alpha value is -6.38. The molecule has 2 nitrogen and oxygen atoms in total. The highest BCUT2D eigenvalue weighted by atomic mass is 15.2. The van der Waals surface area contributed by atoms with Gasteiger partial charge in [-0.25, -0.2) is 0 Å². The highest BCUT2D eigenvalue weighted by Gasteiger charge is 2.21. The third-order valence-electron chi connectivity index (χ3n) is 9.39. The minimum Gasteiger partial charge on any atom is -0.310 e. The van der Waals surface area contributed by atoms with E-state index in [4.69, 9.17) is 0 Å². The molecule has 9 aromatic carbocycles. The Morgan fingerprint density at radius 2 is 0.625 bits per heavy atom. The van der Waals surface area contributed by atoms with Crippen LogP contribution < -0.4 is 9.80 Å². The van der Waals surface area contributed by atoms with Crippen molar-refractivity contribution in [1.29, 1.82) is 0 Å². The first-order valence-electron chi connectivity index (χ1n) is 16.4. The second-order valence-corrected chi connectivity index (χ2v) is 12.2. The Morgan fingerprint density at radius 3 is 1.17 bits per heavy atom. The third-order valence-corrected chi connectivity index (χ3v) is 9.39. The molecule has 0 atom stereocenters. The molecule has 0 aliphatic rings. The summed E-state index contributed by atoms with van der Waals surface area (Å²) in [6, 6.07) is 69.9. The number of rotatable bonds is 6. The summed E-state index contributed by atoms with van der Waals surface area (Å²) in [6.07, 6.45) is 0. The van der Waals surface area contributed by atoms with Crippen LogP contribution in [0.5, 0.6) is 0 Å². The SMILES string of the molecule is c1ccc(N(c2ccccc2)c2ccc(N(c3ccccc3)c3ccc4c(ccc5c6ccccc6ccc45)c3)c3ccccc23)cc1. The monoisotopic (exact) mass is 612 g/mol. The number of benzene rings is 9. The van der Waals surface area contributed by atoms with Gasteiger partial charge in [0.1, 0.15) is 0 Å². The molecule has 48 heavy (non-hydrogen) atoms. The zero-order valence-electron chi connectivity index (χ0n) is 26.4. The van der Waals surface area contributed by atoms with E-state index in [1.165, 1.54) is 43.1 Å². The molecule has 9 aromatic rings. The summed E-state index contributed by atoms with van der Waals surface area (Å²) in [4.78, 5) is 4.75. The molecule has 0 unspecified atom stereocenters. The van der Waals surface area contributed by atoms with Gasteiger partial charge < -0.3 is 9.80 Å². The van der Waals surface area contributed by atoms with Crippen molar-refractivity contribution in [2.45, 2.75) is 0 Å². The number of hydrogen-bond acceptors (Lipinski definition) is 2. The van der Waals surface area contributed by atoms with Crippen molar-refractivity contribution in [3.8, 4) is 0 Å². The van der Waals surface area contributed by atoms with E-state index in [1.54, 1.807) is 0 Å². The molecule has 0 radical (unpaired) electrons. The van der Waals surface area contributed by atoms with Gasteiger partial charge in [-0.3, -0.25) is 0 Å². The zero-order valence-corrected chi connectivity index (χ0v) is 26.4. The molecule has 0 N–H and O–H groups in total. The first-order valence-corrected chi connectivity index (χ1v) is 16.4. The molecule has 0 saturated heterocycles. The van der Waals surface area contributed by atoms with Crippen LogP contribution in [-0.4, -0.2) is 0 Å². The first-order chi connectivity index (χ1) is 23.8. The Balaban J connectivity index is 1.25. The molecular weight excluding hydrogens is 581 g/mol. The fourth-order valence-electron chi connectivity index (χ4n) is 7.20. The van der Waals surface area contributed by atoms with Gasteiger partial charge in [0.15, 0.2) is 0 Å². The molecule has 0 fully saturated rings. The van der Waals surface area contributed by atoms with Gasteiger partial charge in [0.25, 0.3) is 0 Å². The van der Waals surface area contributed by atoms with Crippen LogP contribution in [0.25, 0.3) is 43.1 Å². The first kappa shape index (κ1) is 27.9. The molecule has 9 rings (SSSR count). The van der Waals surface area contributed by atoms with Gasteiger partial charge in [0.05, 0.1) is 11.4 Å². The Labute approximate surface area is 280 Å². The van der Waals surface area contributed by atoms with Crippen molar-refractivity contribution >= 4 is 77.2 Å². The molecule has 0 saturated carbocycles. The number of hydrogen-bond donors (Lipinski definition) is 0. The van der Waals surface area contributed by atoms with Crippen molar-refractivity contribution in [2.75, 3.05) is 9.80 Å². The van der Waals surface area contributed by atoms with Crippen LogP contribution in [-0.2, 0) is 0 Å². The van der Waals surface area contributed by atoms with E-state index in [9.17, 15) is 0 Å². The second kappa shape index (κ2) is 11.8. The molecule has 0 aliphatic heterocycles. The maximum atomic E-state index is 2.39. The molecular formula is C46H32N2. The van der Waals surface area contributed by atoms with Crippen molar-refractivity contribution in [1.82, 2.24) is 0 Å². The van der Waals surface area contributed by atoms with Gasteiger partial charge in [-0.2, -0.15) is 0 Å². The molecule has 2 heteroatoms. The van der Waals surface area contributed by atoms with E-state index in [1.807, 2.05) is 0 Å². The van der Waals surface area contributed by atoms with E-state index in [-0.39, 0.29) is 0 Å². The Morgan fingerprint density at radius 1 is 0.229 bits per heavy atom. The van der Waals surface area contributed by atoms with Crippen molar-refractivity contribution in [3.63, 3.8) is 0 Å². The van der Waals surface area contributed by atoms with Gasteiger partial charge in [-0.15, -0.1) is 0 Å². The summed E-state index contributed by atoms with van der Waals surface area (Å²) in [5.41, 5.74) is 6.75. The van der Waals surface area contributed by atoms with Gasteiger partial charge in [-0.1, -0.05) is 133 Å². The molecule has 0 aliphatic carbocycles. The lowest BCUT2D eigenvalue weighted by molar-refractivity contribution is 1.28. The normalized spacial score (nSPS) is 11.3. The number of anilines is 6. The van der Waals surface area contributed by atoms with Crippen LogP contribution in [0.2, 0.25) is 0 Å². The summed E-state index contributed by atoms with van der Waals surface area (Å²) >= 11 is 0. The van der Waals surface area contributed by atoms with Gasteiger partial charge in [0, 0.05) is 33.5 Å². The van der Waals surface area contributed by atoms with Crippen molar-refractivity contribution < 1.29 is 0 Å². The zero-order chi connectivity index (χ0) is 31.9. The smallest absolute Gasteiger partial charge is 0.0541 e. The molecule has 0 bridgehead atoms. The van der Waals surface area contributed by atoms with E-state index >= 15 is 0 Å². The van der Waals surface area contributed by atoms with Crippen LogP contribution in [0.3, 0.4) is 0 Å². The summed E-state index contributed by atoms with van der Waals surface area (Å²) < 4.78 is 0. The quantitative estimate of drug-likeness (QED) is 0.172. The highest BCUT2D eigenvalue weighted by Crippen LogP contribution is 2.45. The van der Waals surface area contributed by atoms with Gasteiger partial charge >= 0.3 is 0 Å². The average Bonchev–Trinajstić information content (AvgIpc) is 3.16. The van der Waals surface area contributed by atoms with E-state index in [2.05, 4.69) is 204 Å². The summed E-state index contributed by atoms with van der Waals surface area (Å²) in [5, 5.41) is 9.97. The van der Waals surface area contributed by atoms with Gasteiger partial charge in [0.2, 0.25) is 0 Å². The fourth-order valence-corrected chi connectivity index (χ4v) is 7.20.